The van der Waals surface area contributed by atoms with Crippen molar-refractivity contribution in [1.82, 2.24) is 0 Å². The maximum Gasteiger partial charge on any atom is 0.0344 e. The maximum atomic E-state index is 3.49. The third-order valence-corrected chi connectivity index (χ3v) is 3.35. The molecule has 0 bridgehead atoms. The highest BCUT2D eigenvalue weighted by Crippen LogP contribution is 2.19. The van der Waals surface area contributed by atoms with Gasteiger partial charge in [0.25, 0.3) is 0 Å². The highest BCUT2D eigenvalue weighted by molar-refractivity contribution is 5.49. The SMILES string of the molecule is CC(C)(C)Nc1ccc(Cc2ccc(NC(C)(C)C)cc2)cc1. The van der Waals surface area contributed by atoms with Gasteiger partial charge in [0.1, 0.15) is 0 Å². The van der Waals surface area contributed by atoms with Crippen molar-refractivity contribution in [3.8, 4) is 0 Å². The molecule has 0 saturated carbocycles. The first kappa shape index (κ1) is 17.4. The Labute approximate surface area is 141 Å². The minimum absolute atomic E-state index is 0.0946. The summed E-state index contributed by atoms with van der Waals surface area (Å²) < 4.78 is 0. The van der Waals surface area contributed by atoms with E-state index in [-0.39, 0.29) is 11.1 Å². The molecule has 124 valence electrons. The van der Waals surface area contributed by atoms with E-state index in [0.29, 0.717) is 0 Å². The van der Waals surface area contributed by atoms with Crippen LogP contribution in [-0.4, -0.2) is 11.1 Å². The summed E-state index contributed by atoms with van der Waals surface area (Å²) in [6, 6.07) is 17.5. The molecule has 23 heavy (non-hydrogen) atoms. The van der Waals surface area contributed by atoms with E-state index >= 15 is 0 Å². The van der Waals surface area contributed by atoms with Gasteiger partial charge in [-0.2, -0.15) is 0 Å². The number of benzene rings is 2. The molecule has 2 aromatic rings. The third-order valence-electron chi connectivity index (χ3n) is 3.35. The molecule has 0 aliphatic heterocycles. The number of nitrogens with one attached hydrogen (secondary N) is 2. The van der Waals surface area contributed by atoms with Crippen molar-refractivity contribution >= 4 is 11.4 Å². The molecule has 0 amide bonds. The fourth-order valence-corrected chi connectivity index (χ4v) is 2.51. The molecule has 0 radical (unpaired) electrons. The van der Waals surface area contributed by atoms with Gasteiger partial charge in [-0.25, -0.2) is 0 Å². The summed E-state index contributed by atoms with van der Waals surface area (Å²) in [7, 11) is 0. The molecule has 0 aromatic heterocycles. The molecule has 0 aliphatic carbocycles. The fourth-order valence-electron chi connectivity index (χ4n) is 2.51. The number of hydrogen-bond donors (Lipinski definition) is 2. The molecule has 0 heterocycles. The molecular formula is C21H30N2. The lowest BCUT2D eigenvalue weighted by molar-refractivity contribution is 0.633. The Balaban J connectivity index is 1.99. The largest absolute Gasteiger partial charge is 0.380 e. The number of hydrogen-bond acceptors (Lipinski definition) is 2. The molecule has 2 rings (SSSR count). The van der Waals surface area contributed by atoms with Gasteiger partial charge >= 0.3 is 0 Å². The van der Waals surface area contributed by atoms with Crippen molar-refractivity contribution < 1.29 is 0 Å². The Kier molecular flexibility index (Phi) is 5.03. The number of anilines is 2. The van der Waals surface area contributed by atoms with E-state index in [0.717, 1.165) is 6.42 Å². The second-order valence-corrected chi connectivity index (χ2v) is 8.32. The van der Waals surface area contributed by atoms with Gasteiger partial charge < -0.3 is 10.6 Å². The van der Waals surface area contributed by atoms with Gasteiger partial charge in [0.05, 0.1) is 0 Å². The minimum Gasteiger partial charge on any atom is -0.380 e. The summed E-state index contributed by atoms with van der Waals surface area (Å²) in [5.41, 5.74) is 5.20. The van der Waals surface area contributed by atoms with Crippen LogP contribution < -0.4 is 10.6 Å². The van der Waals surface area contributed by atoms with E-state index in [2.05, 4.69) is 101 Å². The molecule has 0 atom stereocenters. The van der Waals surface area contributed by atoms with E-state index in [1.54, 1.807) is 0 Å². The van der Waals surface area contributed by atoms with Gasteiger partial charge in [0.15, 0.2) is 0 Å². The Morgan fingerprint density at radius 2 is 0.870 bits per heavy atom. The van der Waals surface area contributed by atoms with Gasteiger partial charge in [-0.1, -0.05) is 24.3 Å². The smallest absolute Gasteiger partial charge is 0.0344 e. The van der Waals surface area contributed by atoms with Crippen LogP contribution in [0.2, 0.25) is 0 Å². The van der Waals surface area contributed by atoms with Gasteiger partial charge in [-0.05, 0) is 83.4 Å². The zero-order valence-corrected chi connectivity index (χ0v) is 15.3. The Bertz CT molecular complexity index is 553. The summed E-state index contributed by atoms with van der Waals surface area (Å²) in [6.45, 7) is 13.0. The van der Waals surface area contributed by atoms with Crippen LogP contribution in [0, 0.1) is 0 Å². The van der Waals surface area contributed by atoms with E-state index in [9.17, 15) is 0 Å². The lowest BCUT2D eigenvalue weighted by Gasteiger charge is -2.22. The van der Waals surface area contributed by atoms with Crippen molar-refractivity contribution in [2.45, 2.75) is 59.0 Å². The first-order chi connectivity index (χ1) is 10.6. The third kappa shape index (κ3) is 6.35. The predicted octanol–water partition coefficient (Wildman–Crippen LogP) is 5.70. The predicted molar refractivity (Wildman–Crippen MR) is 102 cm³/mol. The van der Waals surface area contributed by atoms with Gasteiger partial charge in [0.2, 0.25) is 0 Å². The van der Waals surface area contributed by atoms with Crippen molar-refractivity contribution in [2.75, 3.05) is 10.6 Å². The lowest BCUT2D eigenvalue weighted by Crippen LogP contribution is -2.25. The van der Waals surface area contributed by atoms with Crippen molar-refractivity contribution in [1.29, 1.82) is 0 Å². The van der Waals surface area contributed by atoms with Crippen LogP contribution in [0.5, 0.6) is 0 Å². The second kappa shape index (κ2) is 6.66. The average Bonchev–Trinajstić information content (AvgIpc) is 2.40. The van der Waals surface area contributed by atoms with E-state index in [1.165, 1.54) is 22.5 Å². The van der Waals surface area contributed by atoms with Crippen LogP contribution >= 0.6 is 0 Å². The normalized spacial score (nSPS) is 12.1. The first-order valence-electron chi connectivity index (χ1n) is 8.35. The van der Waals surface area contributed by atoms with Crippen LogP contribution in [0.4, 0.5) is 11.4 Å². The summed E-state index contributed by atoms with van der Waals surface area (Å²) in [6.07, 6.45) is 0.964. The standard InChI is InChI=1S/C21H30N2/c1-20(2,3)22-18-11-7-16(8-12-18)15-17-9-13-19(14-10-17)23-21(4,5)6/h7-14,22-23H,15H2,1-6H3. The monoisotopic (exact) mass is 310 g/mol. The zero-order chi connectivity index (χ0) is 17.1. The quantitative estimate of drug-likeness (QED) is 0.757. The van der Waals surface area contributed by atoms with Crippen LogP contribution in [0.3, 0.4) is 0 Å². The van der Waals surface area contributed by atoms with Crippen molar-refractivity contribution in [3.05, 3.63) is 59.7 Å². The van der Waals surface area contributed by atoms with Crippen LogP contribution in [0.15, 0.2) is 48.5 Å². The molecule has 0 unspecified atom stereocenters. The Morgan fingerprint density at radius 3 is 1.13 bits per heavy atom. The van der Waals surface area contributed by atoms with Gasteiger partial charge in [0, 0.05) is 22.5 Å². The first-order valence-corrected chi connectivity index (χ1v) is 8.35. The van der Waals surface area contributed by atoms with Crippen LogP contribution in [-0.2, 0) is 6.42 Å². The lowest BCUT2D eigenvalue weighted by atomic mass is 10.0. The maximum absolute atomic E-state index is 3.49. The second-order valence-electron chi connectivity index (χ2n) is 8.32. The fraction of sp³-hybridized carbons (Fsp3) is 0.429. The number of rotatable bonds is 4. The topological polar surface area (TPSA) is 24.1 Å². The van der Waals surface area contributed by atoms with Gasteiger partial charge in [-0.15, -0.1) is 0 Å². The molecule has 2 aromatic carbocycles. The van der Waals surface area contributed by atoms with Crippen LogP contribution in [0.1, 0.15) is 52.7 Å². The molecule has 0 spiro atoms. The summed E-state index contributed by atoms with van der Waals surface area (Å²) >= 11 is 0. The molecule has 0 aliphatic rings. The zero-order valence-electron chi connectivity index (χ0n) is 15.3. The molecule has 0 saturated heterocycles. The summed E-state index contributed by atoms with van der Waals surface area (Å²) in [5, 5.41) is 6.99. The summed E-state index contributed by atoms with van der Waals surface area (Å²) in [5.74, 6) is 0. The van der Waals surface area contributed by atoms with Crippen LogP contribution in [0.25, 0.3) is 0 Å². The van der Waals surface area contributed by atoms with Crippen molar-refractivity contribution in [2.24, 2.45) is 0 Å². The highest BCUT2D eigenvalue weighted by Gasteiger charge is 2.10. The van der Waals surface area contributed by atoms with E-state index < -0.39 is 0 Å². The Morgan fingerprint density at radius 1 is 0.565 bits per heavy atom. The Hall–Kier alpha value is -1.96. The molecule has 2 heteroatoms. The molecular weight excluding hydrogens is 280 g/mol. The molecule has 0 fully saturated rings. The molecule has 2 N–H and O–H groups in total. The highest BCUT2D eigenvalue weighted by atomic mass is 15.0. The van der Waals surface area contributed by atoms with E-state index in [4.69, 9.17) is 0 Å². The summed E-state index contributed by atoms with van der Waals surface area (Å²) in [4.78, 5) is 0. The van der Waals surface area contributed by atoms with E-state index in [1.807, 2.05) is 0 Å². The molecule has 2 nitrogen and oxygen atoms in total. The minimum atomic E-state index is 0.0946. The van der Waals surface area contributed by atoms with Gasteiger partial charge in [-0.3, -0.25) is 0 Å². The van der Waals surface area contributed by atoms with Crippen molar-refractivity contribution in [3.63, 3.8) is 0 Å². The average molecular weight is 310 g/mol.